The van der Waals surface area contributed by atoms with Crippen LogP contribution < -0.4 is 15.5 Å². The Bertz CT molecular complexity index is 1070. The van der Waals surface area contributed by atoms with Crippen molar-refractivity contribution >= 4 is 29.3 Å². The molecule has 2 aromatic carbocycles. The summed E-state index contributed by atoms with van der Waals surface area (Å²) >= 11 is 7.78. The predicted octanol–water partition coefficient (Wildman–Crippen LogP) is 4.14. The average Bonchev–Trinajstić information content (AvgIpc) is 3.20. The molecule has 1 aliphatic heterocycles. The molecule has 2 atom stereocenters. The minimum atomic E-state index is -0.441. The maximum Gasteiger partial charge on any atom is 0.236 e. The highest BCUT2D eigenvalue weighted by atomic mass is 35.5. The summed E-state index contributed by atoms with van der Waals surface area (Å²) in [4.78, 5) is 13.1. The summed E-state index contributed by atoms with van der Waals surface area (Å²) in [6.07, 6.45) is 0. The predicted molar refractivity (Wildman–Crippen MR) is 123 cm³/mol. The van der Waals surface area contributed by atoms with Gasteiger partial charge in [0, 0.05) is 12.1 Å². The first-order valence-electron chi connectivity index (χ1n) is 10.0. The quantitative estimate of drug-likeness (QED) is 0.579. The summed E-state index contributed by atoms with van der Waals surface area (Å²) in [5, 5.41) is 12.4. The van der Waals surface area contributed by atoms with Crippen LogP contribution in [-0.2, 0) is 4.79 Å². The maximum absolute atomic E-state index is 13.1. The van der Waals surface area contributed by atoms with Gasteiger partial charge in [0.15, 0.2) is 5.82 Å². The molecule has 4 rings (SSSR count). The molecule has 7 nitrogen and oxygen atoms in total. The van der Waals surface area contributed by atoms with E-state index in [0.29, 0.717) is 34.2 Å². The number of thioether (sulfide) groups is 1. The third-order valence-corrected chi connectivity index (χ3v) is 6.46. The number of methoxy groups -OCH3 is 1. The summed E-state index contributed by atoms with van der Waals surface area (Å²) in [7, 11) is 1.58. The minimum absolute atomic E-state index is 0.0568. The number of nitrogens with zero attached hydrogens (tertiary/aromatic N) is 3. The van der Waals surface area contributed by atoms with Gasteiger partial charge in [-0.3, -0.25) is 4.79 Å². The number of benzene rings is 2. The third kappa shape index (κ3) is 4.50. The van der Waals surface area contributed by atoms with Crippen LogP contribution in [-0.4, -0.2) is 39.7 Å². The second-order valence-electron chi connectivity index (χ2n) is 7.69. The van der Waals surface area contributed by atoms with E-state index < -0.39 is 5.25 Å². The van der Waals surface area contributed by atoms with Gasteiger partial charge < -0.3 is 15.5 Å². The lowest BCUT2D eigenvalue weighted by molar-refractivity contribution is -0.121. The van der Waals surface area contributed by atoms with Crippen LogP contribution in [0.5, 0.6) is 5.75 Å². The van der Waals surface area contributed by atoms with E-state index in [-0.39, 0.29) is 11.9 Å². The Morgan fingerprint density at radius 2 is 2.03 bits per heavy atom. The SMILES string of the molecule is COc1ccc(C2Nn3c(nnc3-c3ccccc3)SC2C(=O)NCC(C)C)cc1Cl. The van der Waals surface area contributed by atoms with Crippen molar-refractivity contribution in [2.75, 3.05) is 19.1 Å². The number of fused-ring (bicyclic) bond motifs is 1. The number of carbonyl (C=O) groups is 1. The monoisotopic (exact) mass is 457 g/mol. The second kappa shape index (κ2) is 9.20. The Kier molecular flexibility index (Phi) is 6.38. The molecule has 31 heavy (non-hydrogen) atoms. The van der Waals surface area contributed by atoms with Crippen molar-refractivity contribution in [2.24, 2.45) is 5.92 Å². The summed E-state index contributed by atoms with van der Waals surface area (Å²) in [5.41, 5.74) is 5.26. The third-order valence-electron chi connectivity index (χ3n) is 4.95. The van der Waals surface area contributed by atoms with Gasteiger partial charge in [-0.05, 0) is 23.6 Å². The average molecular weight is 458 g/mol. The number of halogens is 1. The first kappa shape index (κ1) is 21.5. The second-order valence-corrected chi connectivity index (χ2v) is 9.20. The molecule has 3 aromatic rings. The van der Waals surface area contributed by atoms with Crippen LogP contribution in [0.4, 0.5) is 0 Å². The van der Waals surface area contributed by atoms with Crippen molar-refractivity contribution in [1.82, 2.24) is 20.2 Å². The van der Waals surface area contributed by atoms with Gasteiger partial charge in [-0.25, -0.2) is 4.68 Å². The number of carbonyl (C=O) groups excluding carboxylic acids is 1. The van der Waals surface area contributed by atoms with Gasteiger partial charge in [0.2, 0.25) is 11.1 Å². The summed E-state index contributed by atoms with van der Waals surface area (Å²) in [6, 6.07) is 15.0. The zero-order valence-electron chi connectivity index (χ0n) is 17.5. The highest BCUT2D eigenvalue weighted by molar-refractivity contribution is 8.00. The van der Waals surface area contributed by atoms with Gasteiger partial charge in [-0.15, -0.1) is 10.2 Å². The van der Waals surface area contributed by atoms with Gasteiger partial charge >= 0.3 is 0 Å². The van der Waals surface area contributed by atoms with Crippen molar-refractivity contribution in [3.63, 3.8) is 0 Å². The standard InChI is InChI=1S/C22H24ClN5O2S/c1-13(2)12-24-21(29)19-18(15-9-10-17(30-3)16(23)11-15)27-28-20(25-26-22(28)31-19)14-7-5-4-6-8-14/h4-11,13,18-19,27H,12H2,1-3H3,(H,24,29). The zero-order valence-corrected chi connectivity index (χ0v) is 19.1. The van der Waals surface area contributed by atoms with Crippen LogP contribution >= 0.6 is 23.4 Å². The number of hydrogen-bond acceptors (Lipinski definition) is 6. The molecule has 0 saturated heterocycles. The first-order chi connectivity index (χ1) is 15.0. The zero-order chi connectivity index (χ0) is 22.0. The molecule has 162 valence electrons. The number of aromatic nitrogens is 3. The van der Waals surface area contributed by atoms with Crippen LogP contribution in [0.3, 0.4) is 0 Å². The van der Waals surface area contributed by atoms with Crippen molar-refractivity contribution in [3.05, 3.63) is 59.1 Å². The fraction of sp³-hybridized carbons (Fsp3) is 0.318. The topological polar surface area (TPSA) is 81.1 Å². The van der Waals surface area contributed by atoms with E-state index in [1.165, 1.54) is 11.8 Å². The maximum atomic E-state index is 13.1. The smallest absolute Gasteiger partial charge is 0.236 e. The van der Waals surface area contributed by atoms with Gasteiger partial charge in [-0.1, -0.05) is 73.6 Å². The van der Waals surface area contributed by atoms with E-state index in [1.807, 2.05) is 53.2 Å². The lowest BCUT2D eigenvalue weighted by Crippen LogP contribution is -2.44. The molecule has 0 spiro atoms. The Morgan fingerprint density at radius 1 is 1.26 bits per heavy atom. The molecule has 2 unspecified atom stereocenters. The van der Waals surface area contributed by atoms with Crippen LogP contribution in [0.15, 0.2) is 53.7 Å². The number of rotatable bonds is 6. The first-order valence-corrected chi connectivity index (χ1v) is 11.3. The Labute approximate surface area is 190 Å². The minimum Gasteiger partial charge on any atom is -0.495 e. The van der Waals surface area contributed by atoms with Gasteiger partial charge in [0.05, 0.1) is 18.2 Å². The molecule has 0 fully saturated rings. The van der Waals surface area contributed by atoms with Crippen LogP contribution in [0.25, 0.3) is 11.4 Å². The molecule has 0 saturated carbocycles. The molecule has 9 heteroatoms. The fourth-order valence-corrected chi connectivity index (χ4v) is 4.73. The van der Waals surface area contributed by atoms with Gasteiger partial charge in [0.25, 0.3) is 0 Å². The van der Waals surface area contributed by atoms with E-state index in [4.69, 9.17) is 16.3 Å². The van der Waals surface area contributed by atoms with E-state index in [0.717, 1.165) is 11.1 Å². The lowest BCUT2D eigenvalue weighted by Gasteiger charge is -2.33. The fourth-order valence-electron chi connectivity index (χ4n) is 3.36. The molecule has 1 amide bonds. The normalized spacial score (nSPS) is 17.7. The van der Waals surface area contributed by atoms with Crippen molar-refractivity contribution in [2.45, 2.75) is 30.3 Å². The number of amides is 1. The highest BCUT2D eigenvalue weighted by Crippen LogP contribution is 2.40. The van der Waals surface area contributed by atoms with Crippen molar-refractivity contribution in [1.29, 1.82) is 0 Å². The van der Waals surface area contributed by atoms with Crippen LogP contribution in [0.2, 0.25) is 5.02 Å². The van der Waals surface area contributed by atoms with Gasteiger partial charge in [-0.2, -0.15) is 0 Å². The molecule has 2 heterocycles. The van der Waals surface area contributed by atoms with E-state index in [2.05, 4.69) is 34.8 Å². The number of nitrogens with one attached hydrogen (secondary N) is 2. The molecule has 0 bridgehead atoms. The Morgan fingerprint density at radius 3 is 2.71 bits per heavy atom. The molecule has 0 aliphatic carbocycles. The van der Waals surface area contributed by atoms with Crippen molar-refractivity contribution in [3.8, 4) is 17.1 Å². The number of hydrogen-bond donors (Lipinski definition) is 2. The summed E-state index contributed by atoms with van der Waals surface area (Å²) in [5.74, 6) is 1.57. The van der Waals surface area contributed by atoms with Gasteiger partial charge in [0.1, 0.15) is 11.0 Å². The molecule has 0 radical (unpaired) electrons. The molecule has 1 aromatic heterocycles. The molecular formula is C22H24ClN5O2S. The Balaban J connectivity index is 1.72. The van der Waals surface area contributed by atoms with Crippen LogP contribution in [0.1, 0.15) is 25.5 Å². The summed E-state index contributed by atoms with van der Waals surface area (Å²) in [6.45, 7) is 4.74. The lowest BCUT2D eigenvalue weighted by atomic mass is 10.0. The molecular weight excluding hydrogens is 434 g/mol. The molecule has 2 N–H and O–H groups in total. The number of ether oxygens (including phenoxy) is 1. The van der Waals surface area contributed by atoms with E-state index in [1.54, 1.807) is 7.11 Å². The van der Waals surface area contributed by atoms with E-state index >= 15 is 0 Å². The van der Waals surface area contributed by atoms with E-state index in [9.17, 15) is 4.79 Å². The Hall–Kier alpha value is -2.71. The largest absolute Gasteiger partial charge is 0.495 e. The highest BCUT2D eigenvalue weighted by Gasteiger charge is 2.38. The summed E-state index contributed by atoms with van der Waals surface area (Å²) < 4.78 is 7.13. The van der Waals surface area contributed by atoms with Crippen molar-refractivity contribution < 1.29 is 9.53 Å². The van der Waals surface area contributed by atoms with Crippen LogP contribution in [0, 0.1) is 5.92 Å². The molecule has 1 aliphatic rings.